The number of nitrogens with one attached hydrogen (secondary N) is 1. The van der Waals surface area contributed by atoms with E-state index < -0.39 is 24.4 Å². The summed E-state index contributed by atoms with van der Waals surface area (Å²) in [7, 11) is 3.97. The first kappa shape index (κ1) is 17.0. The SMILES string of the molecule is CN(C)CCc1c[nH]c2cccc(OC(=O)C(N)CC(=O)O)c12. The molecule has 7 heteroatoms. The molecule has 1 atom stereocenters. The highest BCUT2D eigenvalue weighted by atomic mass is 16.5. The number of nitrogens with two attached hydrogens (primary N) is 1. The Bertz CT molecular complexity index is 708. The van der Waals surface area contributed by atoms with Crippen molar-refractivity contribution in [3.05, 3.63) is 30.0 Å². The summed E-state index contributed by atoms with van der Waals surface area (Å²) in [4.78, 5) is 27.8. The van der Waals surface area contributed by atoms with Gasteiger partial charge in [0.15, 0.2) is 0 Å². The maximum atomic E-state index is 12.0. The number of hydrogen-bond donors (Lipinski definition) is 3. The van der Waals surface area contributed by atoms with Crippen molar-refractivity contribution in [1.82, 2.24) is 9.88 Å². The lowest BCUT2D eigenvalue weighted by molar-refractivity contribution is -0.143. The third-order valence-corrected chi connectivity index (χ3v) is 3.49. The number of aliphatic carboxylic acids is 1. The predicted octanol–water partition coefficient (Wildman–Crippen LogP) is 0.979. The topological polar surface area (TPSA) is 109 Å². The molecule has 4 N–H and O–H groups in total. The standard InChI is InChI=1S/C16H21N3O4/c1-19(2)7-6-10-9-18-12-4-3-5-13(15(10)12)23-16(22)11(17)8-14(20)21/h3-5,9,11,18H,6-8,17H2,1-2H3,(H,20,21). The number of nitrogens with zero attached hydrogens (tertiary/aromatic N) is 1. The maximum Gasteiger partial charge on any atom is 0.328 e. The molecule has 2 rings (SSSR count). The van der Waals surface area contributed by atoms with Gasteiger partial charge in [-0.2, -0.15) is 0 Å². The molecule has 0 aliphatic heterocycles. The Balaban J connectivity index is 2.24. The van der Waals surface area contributed by atoms with Crippen LogP contribution in [0.25, 0.3) is 10.9 Å². The minimum Gasteiger partial charge on any atom is -0.481 e. The molecular formula is C16H21N3O4. The maximum absolute atomic E-state index is 12.0. The third-order valence-electron chi connectivity index (χ3n) is 3.49. The van der Waals surface area contributed by atoms with Crippen molar-refractivity contribution >= 4 is 22.8 Å². The zero-order valence-electron chi connectivity index (χ0n) is 13.2. The minimum absolute atomic E-state index is 0.392. The van der Waals surface area contributed by atoms with Gasteiger partial charge in [0, 0.05) is 23.6 Å². The lowest BCUT2D eigenvalue weighted by Crippen LogP contribution is -2.36. The van der Waals surface area contributed by atoms with Crippen LogP contribution in [0.4, 0.5) is 0 Å². The van der Waals surface area contributed by atoms with Gasteiger partial charge >= 0.3 is 11.9 Å². The third kappa shape index (κ3) is 4.30. The summed E-state index contributed by atoms with van der Waals surface area (Å²) in [5.74, 6) is -1.50. The second-order valence-corrected chi connectivity index (χ2v) is 5.67. The molecule has 0 fully saturated rings. The highest BCUT2D eigenvalue weighted by molar-refractivity contribution is 5.92. The molecule has 1 aromatic heterocycles. The fourth-order valence-electron chi connectivity index (χ4n) is 2.30. The molecule has 23 heavy (non-hydrogen) atoms. The second kappa shape index (κ2) is 7.26. The van der Waals surface area contributed by atoms with Crippen LogP contribution in [0.3, 0.4) is 0 Å². The summed E-state index contributed by atoms with van der Waals surface area (Å²) < 4.78 is 5.34. The number of carbonyl (C=O) groups excluding carboxylic acids is 1. The summed E-state index contributed by atoms with van der Waals surface area (Å²) in [6.45, 7) is 0.855. The Labute approximate surface area is 134 Å². The van der Waals surface area contributed by atoms with Crippen LogP contribution < -0.4 is 10.5 Å². The van der Waals surface area contributed by atoms with Gasteiger partial charge in [-0.3, -0.25) is 4.79 Å². The number of H-pyrrole nitrogens is 1. The number of hydrogen-bond acceptors (Lipinski definition) is 5. The van der Waals surface area contributed by atoms with E-state index in [9.17, 15) is 9.59 Å². The van der Waals surface area contributed by atoms with Crippen molar-refractivity contribution in [2.24, 2.45) is 5.73 Å². The average Bonchev–Trinajstić information content (AvgIpc) is 2.88. The number of carboxylic acid groups (broad SMARTS) is 1. The first-order valence-electron chi connectivity index (χ1n) is 7.31. The van der Waals surface area contributed by atoms with Gasteiger partial charge in [-0.25, -0.2) is 4.79 Å². The van der Waals surface area contributed by atoms with Gasteiger partial charge in [-0.1, -0.05) is 6.07 Å². The summed E-state index contributed by atoms with van der Waals surface area (Å²) in [5.41, 5.74) is 7.44. The Kier molecular flexibility index (Phi) is 5.36. The van der Waals surface area contributed by atoms with E-state index in [0.717, 1.165) is 29.4 Å². The minimum atomic E-state index is -1.19. The Morgan fingerprint density at radius 2 is 2.13 bits per heavy atom. The highest BCUT2D eigenvalue weighted by Gasteiger charge is 2.21. The number of benzene rings is 1. The molecule has 0 saturated carbocycles. The van der Waals surface area contributed by atoms with Crippen LogP contribution in [0.1, 0.15) is 12.0 Å². The number of ether oxygens (including phenoxy) is 1. The number of carboxylic acids is 1. The van der Waals surface area contributed by atoms with Crippen molar-refractivity contribution in [3.63, 3.8) is 0 Å². The lowest BCUT2D eigenvalue weighted by Gasteiger charge is -2.12. The molecule has 0 radical (unpaired) electrons. The van der Waals surface area contributed by atoms with Gasteiger partial charge in [0.05, 0.1) is 6.42 Å². The van der Waals surface area contributed by atoms with Crippen LogP contribution in [-0.4, -0.2) is 53.6 Å². The van der Waals surface area contributed by atoms with Gasteiger partial charge in [0.2, 0.25) is 0 Å². The number of likely N-dealkylation sites (N-methyl/N-ethyl adjacent to an activating group) is 1. The first-order chi connectivity index (χ1) is 10.9. The molecule has 124 valence electrons. The van der Waals surface area contributed by atoms with E-state index in [-0.39, 0.29) is 0 Å². The number of fused-ring (bicyclic) bond motifs is 1. The predicted molar refractivity (Wildman–Crippen MR) is 86.4 cm³/mol. The Hall–Kier alpha value is -2.38. The molecule has 0 aliphatic rings. The smallest absolute Gasteiger partial charge is 0.328 e. The normalized spacial score (nSPS) is 12.5. The zero-order chi connectivity index (χ0) is 17.0. The fourth-order valence-corrected chi connectivity index (χ4v) is 2.30. The van der Waals surface area contributed by atoms with Gasteiger partial charge in [0.1, 0.15) is 11.8 Å². The van der Waals surface area contributed by atoms with Gasteiger partial charge < -0.3 is 25.5 Å². The highest BCUT2D eigenvalue weighted by Crippen LogP contribution is 2.29. The van der Waals surface area contributed by atoms with Crippen LogP contribution in [0.5, 0.6) is 5.75 Å². The molecule has 1 aromatic carbocycles. The Morgan fingerprint density at radius 3 is 2.78 bits per heavy atom. The van der Waals surface area contributed by atoms with Gasteiger partial charge in [-0.15, -0.1) is 0 Å². The van der Waals surface area contributed by atoms with E-state index in [1.54, 1.807) is 12.1 Å². The fraction of sp³-hybridized carbons (Fsp3) is 0.375. The zero-order valence-corrected chi connectivity index (χ0v) is 13.2. The van der Waals surface area contributed by atoms with Crippen molar-refractivity contribution < 1.29 is 19.4 Å². The Morgan fingerprint density at radius 1 is 1.39 bits per heavy atom. The molecule has 0 aliphatic carbocycles. The van der Waals surface area contributed by atoms with Crippen molar-refractivity contribution in [3.8, 4) is 5.75 Å². The summed E-state index contributed by atoms with van der Waals surface area (Å²) in [6.07, 6.45) is 2.22. The average molecular weight is 319 g/mol. The molecular weight excluding hydrogens is 298 g/mol. The quantitative estimate of drug-likeness (QED) is 0.518. The molecule has 1 unspecified atom stereocenters. The van der Waals surface area contributed by atoms with E-state index in [4.69, 9.17) is 15.6 Å². The van der Waals surface area contributed by atoms with Crippen molar-refractivity contribution in [2.75, 3.05) is 20.6 Å². The molecule has 0 saturated heterocycles. The number of esters is 1. The van der Waals surface area contributed by atoms with E-state index >= 15 is 0 Å². The molecule has 7 nitrogen and oxygen atoms in total. The van der Waals surface area contributed by atoms with E-state index in [1.165, 1.54) is 0 Å². The number of carbonyl (C=O) groups is 2. The van der Waals surface area contributed by atoms with Crippen LogP contribution >= 0.6 is 0 Å². The van der Waals surface area contributed by atoms with Gasteiger partial charge in [-0.05, 0) is 38.2 Å². The summed E-state index contributed by atoms with van der Waals surface area (Å²) in [5, 5.41) is 9.53. The van der Waals surface area contributed by atoms with Crippen molar-refractivity contribution in [1.29, 1.82) is 0 Å². The van der Waals surface area contributed by atoms with Crippen LogP contribution in [0, 0.1) is 0 Å². The van der Waals surface area contributed by atoms with Gasteiger partial charge in [0.25, 0.3) is 0 Å². The largest absolute Gasteiger partial charge is 0.481 e. The van der Waals surface area contributed by atoms with E-state index in [1.807, 2.05) is 26.4 Å². The second-order valence-electron chi connectivity index (χ2n) is 5.67. The summed E-state index contributed by atoms with van der Waals surface area (Å²) >= 11 is 0. The monoisotopic (exact) mass is 319 g/mol. The molecule has 0 spiro atoms. The van der Waals surface area contributed by atoms with Crippen LogP contribution in [0.2, 0.25) is 0 Å². The summed E-state index contributed by atoms with van der Waals surface area (Å²) in [6, 6.07) is 4.15. The van der Waals surface area contributed by atoms with Crippen LogP contribution in [-0.2, 0) is 16.0 Å². The van der Waals surface area contributed by atoms with E-state index in [2.05, 4.69) is 9.88 Å². The number of rotatable bonds is 7. The molecule has 1 heterocycles. The molecule has 0 bridgehead atoms. The molecule has 0 amide bonds. The first-order valence-corrected chi connectivity index (χ1v) is 7.31. The number of aromatic amines is 1. The van der Waals surface area contributed by atoms with Crippen LogP contribution in [0.15, 0.2) is 24.4 Å². The van der Waals surface area contributed by atoms with Crippen molar-refractivity contribution in [2.45, 2.75) is 18.9 Å². The lowest BCUT2D eigenvalue weighted by atomic mass is 10.1. The van der Waals surface area contributed by atoms with E-state index in [0.29, 0.717) is 5.75 Å². The number of aromatic nitrogens is 1. The molecule has 2 aromatic rings.